The van der Waals surface area contributed by atoms with Crippen molar-refractivity contribution in [3.8, 4) is 11.4 Å². The Balaban J connectivity index is 2.24. The van der Waals surface area contributed by atoms with Gasteiger partial charge in [0.1, 0.15) is 5.75 Å². The van der Waals surface area contributed by atoms with E-state index in [1.54, 1.807) is 19.1 Å². The van der Waals surface area contributed by atoms with Crippen LogP contribution in [0.5, 0.6) is 5.75 Å². The predicted octanol–water partition coefficient (Wildman–Crippen LogP) is 3.89. The second kappa shape index (κ2) is 6.51. The average molecular weight is 338 g/mol. The van der Waals surface area contributed by atoms with E-state index in [1.807, 2.05) is 60.8 Å². The summed E-state index contributed by atoms with van der Waals surface area (Å²) in [5.74, 6) is -0.252. The third kappa shape index (κ3) is 2.93. The number of hydrogen-bond acceptors (Lipinski definition) is 4. The molecule has 0 fully saturated rings. The van der Waals surface area contributed by atoms with Crippen molar-refractivity contribution in [3.63, 3.8) is 0 Å². The van der Waals surface area contributed by atoms with Crippen LogP contribution < -0.4 is 4.90 Å². The largest absolute Gasteiger partial charge is 0.508 e. The molecule has 25 heavy (non-hydrogen) atoms. The Morgan fingerprint density at radius 1 is 1.16 bits per heavy atom. The van der Waals surface area contributed by atoms with Crippen molar-refractivity contribution >= 4 is 22.6 Å². The predicted molar refractivity (Wildman–Crippen MR) is 100.0 cm³/mol. The zero-order valence-corrected chi connectivity index (χ0v) is 14.9. The quantitative estimate of drug-likeness (QED) is 0.733. The Kier molecular flexibility index (Phi) is 4.40. The molecule has 0 aliphatic rings. The molecule has 0 bridgehead atoms. The molecule has 5 nitrogen and oxygen atoms in total. The lowest BCUT2D eigenvalue weighted by Gasteiger charge is -2.14. The number of phenols is 1. The molecule has 3 rings (SSSR count). The third-order valence-corrected chi connectivity index (χ3v) is 4.29. The maximum Gasteiger partial charge on any atom is 0.340 e. The summed E-state index contributed by atoms with van der Waals surface area (Å²) < 4.78 is 7.23. The van der Waals surface area contributed by atoms with Crippen LogP contribution in [0.25, 0.3) is 16.6 Å². The van der Waals surface area contributed by atoms with Gasteiger partial charge in [0.25, 0.3) is 0 Å². The SMILES string of the molecule is CCOC(=O)c1c(C)n(-c2ccc(N(C)C)cc2)c2ccc(O)cc12. The van der Waals surface area contributed by atoms with Crippen LogP contribution in [0.3, 0.4) is 0 Å². The van der Waals surface area contributed by atoms with Crippen molar-refractivity contribution in [3.05, 3.63) is 53.7 Å². The number of phenolic OH excluding ortho intramolecular Hbond substituents is 1. The maximum atomic E-state index is 12.5. The normalized spacial score (nSPS) is 10.9. The zero-order chi connectivity index (χ0) is 18.1. The smallest absolute Gasteiger partial charge is 0.340 e. The minimum absolute atomic E-state index is 0.123. The van der Waals surface area contributed by atoms with E-state index in [4.69, 9.17) is 4.74 Å². The number of anilines is 1. The van der Waals surface area contributed by atoms with E-state index in [2.05, 4.69) is 0 Å². The van der Waals surface area contributed by atoms with E-state index >= 15 is 0 Å². The van der Waals surface area contributed by atoms with Gasteiger partial charge in [0.05, 0.1) is 17.7 Å². The van der Waals surface area contributed by atoms with E-state index in [-0.39, 0.29) is 11.7 Å². The Morgan fingerprint density at radius 2 is 1.84 bits per heavy atom. The highest BCUT2D eigenvalue weighted by atomic mass is 16.5. The van der Waals surface area contributed by atoms with Crippen molar-refractivity contribution in [2.75, 3.05) is 25.6 Å². The fraction of sp³-hybridized carbons (Fsp3) is 0.250. The van der Waals surface area contributed by atoms with Crippen LogP contribution in [-0.4, -0.2) is 36.3 Å². The van der Waals surface area contributed by atoms with E-state index in [0.29, 0.717) is 17.6 Å². The minimum atomic E-state index is -0.376. The molecule has 0 saturated heterocycles. The van der Waals surface area contributed by atoms with Gasteiger partial charge in [-0.15, -0.1) is 0 Å². The molecule has 0 amide bonds. The molecule has 1 aromatic heterocycles. The zero-order valence-electron chi connectivity index (χ0n) is 14.9. The summed E-state index contributed by atoms with van der Waals surface area (Å²) in [6, 6.07) is 13.2. The Morgan fingerprint density at radius 3 is 2.44 bits per heavy atom. The van der Waals surface area contributed by atoms with Crippen molar-refractivity contribution in [2.45, 2.75) is 13.8 Å². The number of nitrogens with zero attached hydrogens (tertiary/aromatic N) is 2. The highest BCUT2D eigenvalue weighted by Crippen LogP contribution is 2.32. The molecule has 0 aliphatic carbocycles. The molecule has 1 heterocycles. The number of carbonyl (C=O) groups is 1. The summed E-state index contributed by atoms with van der Waals surface area (Å²) in [6.45, 7) is 3.98. The van der Waals surface area contributed by atoms with Gasteiger partial charge < -0.3 is 19.3 Å². The first kappa shape index (κ1) is 16.9. The van der Waals surface area contributed by atoms with Gasteiger partial charge in [0, 0.05) is 36.6 Å². The molecule has 5 heteroatoms. The molecule has 0 unspecified atom stereocenters. The summed E-state index contributed by atoms with van der Waals surface area (Å²) >= 11 is 0. The first-order valence-corrected chi connectivity index (χ1v) is 8.23. The lowest BCUT2D eigenvalue weighted by atomic mass is 10.1. The highest BCUT2D eigenvalue weighted by molar-refractivity contribution is 6.07. The minimum Gasteiger partial charge on any atom is -0.508 e. The number of esters is 1. The summed E-state index contributed by atoms with van der Waals surface area (Å²) in [5, 5.41) is 10.6. The van der Waals surface area contributed by atoms with E-state index < -0.39 is 0 Å². The number of rotatable bonds is 4. The summed E-state index contributed by atoms with van der Waals surface area (Å²) in [4.78, 5) is 14.5. The third-order valence-electron chi connectivity index (χ3n) is 4.29. The van der Waals surface area contributed by atoms with Crippen LogP contribution in [0.15, 0.2) is 42.5 Å². The molecule has 2 aromatic carbocycles. The maximum absolute atomic E-state index is 12.5. The van der Waals surface area contributed by atoms with Crippen LogP contribution in [-0.2, 0) is 4.74 Å². The Labute approximate surface area is 147 Å². The summed E-state index contributed by atoms with van der Waals surface area (Å²) in [6.07, 6.45) is 0. The molecule has 3 aromatic rings. The van der Waals surface area contributed by atoms with Gasteiger partial charge in [-0.1, -0.05) is 0 Å². The van der Waals surface area contributed by atoms with Gasteiger partial charge in [-0.25, -0.2) is 4.79 Å². The van der Waals surface area contributed by atoms with Crippen molar-refractivity contribution < 1.29 is 14.6 Å². The van der Waals surface area contributed by atoms with Gasteiger partial charge in [-0.05, 0) is 56.3 Å². The first-order chi connectivity index (χ1) is 11.9. The second-order valence-corrected chi connectivity index (χ2v) is 6.13. The standard InChI is InChI=1S/C20H22N2O3/c1-5-25-20(24)19-13(2)22(18-11-10-16(23)12-17(18)19)15-8-6-14(7-9-15)21(3)4/h6-12,23H,5H2,1-4H3. The number of benzene rings is 2. The molecule has 0 aliphatic heterocycles. The number of fused-ring (bicyclic) bond motifs is 1. The summed E-state index contributed by atoms with van der Waals surface area (Å²) in [5.41, 5.74) is 4.19. The van der Waals surface area contributed by atoms with Crippen LogP contribution >= 0.6 is 0 Å². The highest BCUT2D eigenvalue weighted by Gasteiger charge is 2.22. The van der Waals surface area contributed by atoms with Crippen LogP contribution in [0.4, 0.5) is 5.69 Å². The lowest BCUT2D eigenvalue weighted by Crippen LogP contribution is -2.09. The molecular formula is C20H22N2O3. The molecule has 0 saturated carbocycles. The number of carbonyl (C=O) groups excluding carboxylic acids is 1. The Bertz CT molecular complexity index is 924. The number of aromatic hydroxyl groups is 1. The molecular weight excluding hydrogens is 316 g/mol. The molecule has 130 valence electrons. The molecule has 0 atom stereocenters. The monoisotopic (exact) mass is 338 g/mol. The fourth-order valence-electron chi connectivity index (χ4n) is 3.10. The van der Waals surface area contributed by atoms with Gasteiger partial charge in [0.15, 0.2) is 0 Å². The van der Waals surface area contributed by atoms with Gasteiger partial charge >= 0.3 is 5.97 Å². The van der Waals surface area contributed by atoms with Crippen LogP contribution in [0, 0.1) is 6.92 Å². The van der Waals surface area contributed by atoms with Gasteiger partial charge in [-0.2, -0.15) is 0 Å². The second-order valence-electron chi connectivity index (χ2n) is 6.13. The average Bonchev–Trinajstić information content (AvgIpc) is 2.86. The molecule has 0 spiro atoms. The number of hydrogen-bond donors (Lipinski definition) is 1. The van der Waals surface area contributed by atoms with Gasteiger partial charge in [-0.3, -0.25) is 0 Å². The molecule has 1 N–H and O–H groups in total. The Hall–Kier alpha value is -2.95. The fourth-order valence-corrected chi connectivity index (χ4v) is 3.10. The van der Waals surface area contributed by atoms with E-state index in [1.165, 1.54) is 0 Å². The first-order valence-electron chi connectivity index (χ1n) is 8.23. The number of aromatic nitrogens is 1. The van der Waals surface area contributed by atoms with Crippen molar-refractivity contribution in [1.82, 2.24) is 4.57 Å². The van der Waals surface area contributed by atoms with Gasteiger partial charge in [0.2, 0.25) is 0 Å². The summed E-state index contributed by atoms with van der Waals surface area (Å²) in [7, 11) is 3.99. The lowest BCUT2D eigenvalue weighted by molar-refractivity contribution is 0.0527. The van der Waals surface area contributed by atoms with E-state index in [9.17, 15) is 9.90 Å². The van der Waals surface area contributed by atoms with Crippen LogP contribution in [0.1, 0.15) is 23.0 Å². The van der Waals surface area contributed by atoms with Crippen LogP contribution in [0.2, 0.25) is 0 Å². The molecule has 0 radical (unpaired) electrons. The topological polar surface area (TPSA) is 54.7 Å². The van der Waals surface area contributed by atoms with E-state index in [0.717, 1.165) is 22.6 Å². The van der Waals surface area contributed by atoms with Crippen molar-refractivity contribution in [1.29, 1.82) is 0 Å². The van der Waals surface area contributed by atoms with Crippen molar-refractivity contribution in [2.24, 2.45) is 0 Å². The number of ether oxygens (including phenoxy) is 1.